The molecule has 0 aromatic heterocycles. The van der Waals surface area contributed by atoms with Gasteiger partial charge in [-0.25, -0.2) is 0 Å². The van der Waals surface area contributed by atoms with Crippen molar-refractivity contribution >= 4 is 17.3 Å². The Kier molecular flexibility index (Phi) is 4.89. The van der Waals surface area contributed by atoms with Gasteiger partial charge in [0.05, 0.1) is 6.10 Å². The predicted octanol–water partition coefficient (Wildman–Crippen LogP) is 4.09. The molecule has 0 fully saturated rings. The third kappa shape index (κ3) is 3.52. The van der Waals surface area contributed by atoms with E-state index >= 15 is 0 Å². The normalized spacial score (nSPS) is 22.9. The Balaban J connectivity index is 2.26. The number of fused-ring (bicyclic) bond motifs is 1. The summed E-state index contributed by atoms with van der Waals surface area (Å²) >= 11 is 6.19. The number of allylic oxidation sites excluding steroid dienone is 1. The molecule has 19 heavy (non-hydrogen) atoms. The number of aliphatic hydroxyl groups excluding tert-OH is 1. The van der Waals surface area contributed by atoms with E-state index in [4.69, 9.17) is 11.6 Å². The van der Waals surface area contributed by atoms with Crippen LogP contribution in [0.4, 0.5) is 5.69 Å². The molecule has 0 aliphatic carbocycles. The molecule has 2 N–H and O–H groups in total. The summed E-state index contributed by atoms with van der Waals surface area (Å²) in [6.45, 7) is 4.19. The van der Waals surface area contributed by atoms with Gasteiger partial charge in [0.15, 0.2) is 0 Å². The van der Waals surface area contributed by atoms with E-state index in [1.165, 1.54) is 0 Å². The van der Waals surface area contributed by atoms with Crippen LogP contribution in [-0.2, 0) is 6.42 Å². The summed E-state index contributed by atoms with van der Waals surface area (Å²) in [4.78, 5) is 0. The van der Waals surface area contributed by atoms with E-state index in [-0.39, 0.29) is 12.1 Å². The number of aliphatic hydroxyl groups is 1. The summed E-state index contributed by atoms with van der Waals surface area (Å²) < 4.78 is 0. The fraction of sp³-hybridized carbons (Fsp3) is 0.500. The molecule has 0 saturated carbocycles. The van der Waals surface area contributed by atoms with Crippen molar-refractivity contribution in [3.63, 3.8) is 0 Å². The van der Waals surface area contributed by atoms with Crippen LogP contribution in [0.1, 0.15) is 37.3 Å². The molecule has 1 heterocycles. The maximum Gasteiger partial charge on any atom is 0.0604 e. The van der Waals surface area contributed by atoms with Crippen LogP contribution in [0.25, 0.3) is 0 Å². The van der Waals surface area contributed by atoms with E-state index in [9.17, 15) is 5.11 Å². The summed E-state index contributed by atoms with van der Waals surface area (Å²) in [6.07, 6.45) is 7.72. The SMILES string of the molecule is CCC/C=C/[C@@H]1C[C@@H](O)Cc2ccc(Cl)c(C)c2N1. The molecular weight excluding hydrogens is 258 g/mol. The third-order valence-corrected chi connectivity index (χ3v) is 4.03. The van der Waals surface area contributed by atoms with E-state index < -0.39 is 0 Å². The third-order valence-electron chi connectivity index (χ3n) is 3.62. The van der Waals surface area contributed by atoms with Gasteiger partial charge in [0.1, 0.15) is 0 Å². The average Bonchev–Trinajstić information content (AvgIpc) is 2.53. The van der Waals surface area contributed by atoms with E-state index in [2.05, 4.69) is 24.4 Å². The van der Waals surface area contributed by atoms with Gasteiger partial charge in [0.25, 0.3) is 0 Å². The molecule has 0 spiro atoms. The Morgan fingerprint density at radius 1 is 1.47 bits per heavy atom. The van der Waals surface area contributed by atoms with Crippen LogP contribution < -0.4 is 5.32 Å². The molecule has 0 saturated heterocycles. The largest absolute Gasteiger partial charge is 0.393 e. The highest BCUT2D eigenvalue weighted by molar-refractivity contribution is 6.31. The minimum Gasteiger partial charge on any atom is -0.393 e. The fourth-order valence-electron chi connectivity index (χ4n) is 2.54. The molecule has 1 aromatic carbocycles. The molecule has 104 valence electrons. The number of anilines is 1. The van der Waals surface area contributed by atoms with Crippen molar-refractivity contribution in [3.8, 4) is 0 Å². The van der Waals surface area contributed by atoms with Crippen LogP contribution in [0.15, 0.2) is 24.3 Å². The Morgan fingerprint density at radius 2 is 2.26 bits per heavy atom. The van der Waals surface area contributed by atoms with Gasteiger partial charge in [0, 0.05) is 23.2 Å². The van der Waals surface area contributed by atoms with Crippen molar-refractivity contribution in [2.24, 2.45) is 0 Å². The molecule has 0 radical (unpaired) electrons. The van der Waals surface area contributed by atoms with E-state index in [1.54, 1.807) is 0 Å². The van der Waals surface area contributed by atoms with Crippen molar-refractivity contribution in [1.29, 1.82) is 0 Å². The molecule has 3 heteroatoms. The highest BCUT2D eigenvalue weighted by Gasteiger charge is 2.21. The van der Waals surface area contributed by atoms with Gasteiger partial charge in [-0.2, -0.15) is 0 Å². The zero-order valence-electron chi connectivity index (χ0n) is 11.6. The van der Waals surface area contributed by atoms with Crippen molar-refractivity contribution in [2.45, 2.75) is 51.7 Å². The van der Waals surface area contributed by atoms with Gasteiger partial charge < -0.3 is 10.4 Å². The lowest BCUT2D eigenvalue weighted by molar-refractivity contribution is 0.165. The summed E-state index contributed by atoms with van der Waals surface area (Å²) in [6, 6.07) is 4.11. The summed E-state index contributed by atoms with van der Waals surface area (Å²) in [7, 11) is 0. The highest BCUT2D eigenvalue weighted by atomic mass is 35.5. The molecule has 2 atom stereocenters. The minimum absolute atomic E-state index is 0.181. The van der Waals surface area contributed by atoms with Crippen molar-refractivity contribution in [3.05, 3.63) is 40.4 Å². The van der Waals surface area contributed by atoms with Crippen LogP contribution in [0.3, 0.4) is 0 Å². The quantitative estimate of drug-likeness (QED) is 0.817. The van der Waals surface area contributed by atoms with Gasteiger partial charge in [-0.1, -0.05) is 43.2 Å². The zero-order chi connectivity index (χ0) is 13.8. The molecule has 2 rings (SSSR count). The zero-order valence-corrected chi connectivity index (χ0v) is 12.4. The van der Waals surface area contributed by atoms with Gasteiger partial charge in [-0.05, 0) is 37.0 Å². The highest BCUT2D eigenvalue weighted by Crippen LogP contribution is 2.32. The second-order valence-corrected chi connectivity index (χ2v) is 5.68. The van der Waals surface area contributed by atoms with Crippen LogP contribution in [0.2, 0.25) is 5.02 Å². The Bertz CT molecular complexity index is 470. The molecule has 1 aliphatic rings. The lowest BCUT2D eigenvalue weighted by atomic mass is 10.0. The van der Waals surface area contributed by atoms with Gasteiger partial charge in [-0.15, -0.1) is 0 Å². The van der Waals surface area contributed by atoms with Crippen LogP contribution in [0.5, 0.6) is 0 Å². The summed E-state index contributed by atoms with van der Waals surface area (Å²) in [5, 5.41) is 14.4. The first kappa shape index (κ1) is 14.4. The number of nitrogens with one attached hydrogen (secondary N) is 1. The first-order valence-electron chi connectivity index (χ1n) is 7.01. The molecule has 0 amide bonds. The number of hydrogen-bond donors (Lipinski definition) is 2. The number of hydrogen-bond acceptors (Lipinski definition) is 2. The van der Waals surface area contributed by atoms with Crippen LogP contribution in [0, 0.1) is 6.92 Å². The van der Waals surface area contributed by atoms with Gasteiger partial charge >= 0.3 is 0 Å². The smallest absolute Gasteiger partial charge is 0.0604 e. The second kappa shape index (κ2) is 6.44. The van der Waals surface area contributed by atoms with Crippen LogP contribution in [-0.4, -0.2) is 17.3 Å². The maximum atomic E-state index is 10.1. The Hall–Kier alpha value is -0.990. The molecule has 0 unspecified atom stereocenters. The van der Waals surface area contributed by atoms with Gasteiger partial charge in [0.2, 0.25) is 0 Å². The maximum absolute atomic E-state index is 10.1. The monoisotopic (exact) mass is 279 g/mol. The second-order valence-electron chi connectivity index (χ2n) is 5.27. The van der Waals surface area contributed by atoms with Crippen molar-refractivity contribution < 1.29 is 5.11 Å². The van der Waals surface area contributed by atoms with E-state index in [1.807, 2.05) is 19.1 Å². The summed E-state index contributed by atoms with van der Waals surface area (Å²) in [5.74, 6) is 0. The fourth-order valence-corrected chi connectivity index (χ4v) is 2.70. The summed E-state index contributed by atoms with van der Waals surface area (Å²) in [5.41, 5.74) is 3.32. The number of halogens is 1. The van der Waals surface area contributed by atoms with E-state index in [0.29, 0.717) is 6.42 Å². The van der Waals surface area contributed by atoms with Gasteiger partial charge in [-0.3, -0.25) is 0 Å². The molecule has 1 aliphatic heterocycles. The number of benzene rings is 1. The van der Waals surface area contributed by atoms with Crippen LogP contribution >= 0.6 is 11.6 Å². The van der Waals surface area contributed by atoms with Crippen molar-refractivity contribution in [2.75, 3.05) is 5.32 Å². The Morgan fingerprint density at radius 3 is 3.00 bits per heavy atom. The first-order chi connectivity index (χ1) is 9.11. The number of unbranched alkanes of at least 4 members (excludes halogenated alkanes) is 1. The first-order valence-corrected chi connectivity index (χ1v) is 7.38. The van der Waals surface area contributed by atoms with E-state index in [0.717, 1.165) is 41.1 Å². The molecule has 1 aromatic rings. The molecular formula is C16H22ClNO. The van der Waals surface area contributed by atoms with Crippen molar-refractivity contribution in [1.82, 2.24) is 0 Å². The average molecular weight is 280 g/mol. The molecule has 2 nitrogen and oxygen atoms in total. The lowest BCUT2D eigenvalue weighted by Gasteiger charge is -2.17. The predicted molar refractivity (Wildman–Crippen MR) is 82.0 cm³/mol. The Labute approximate surface area is 120 Å². The number of rotatable bonds is 3. The molecule has 0 bridgehead atoms. The minimum atomic E-state index is -0.300. The standard InChI is InChI=1S/C16H22ClNO/c1-3-4-5-6-13-10-14(19)9-12-7-8-15(17)11(2)16(12)18-13/h5-8,13-14,18-19H,3-4,9-10H2,1-2H3/b6-5+/t13-,14+/m1/s1. The lowest BCUT2D eigenvalue weighted by Crippen LogP contribution is -2.21. The topological polar surface area (TPSA) is 32.3 Å².